The van der Waals surface area contributed by atoms with Crippen molar-refractivity contribution in [2.45, 2.75) is 6.92 Å². The summed E-state index contributed by atoms with van der Waals surface area (Å²) in [6, 6.07) is 5.01. The minimum absolute atomic E-state index is 0. The molecule has 3 N–H and O–H groups in total. The number of ether oxygens (including phenoxy) is 2. The van der Waals surface area contributed by atoms with E-state index in [4.69, 9.17) is 15.2 Å². The average molecular weight is 358 g/mol. The van der Waals surface area contributed by atoms with E-state index >= 15 is 0 Å². The van der Waals surface area contributed by atoms with Crippen LogP contribution in [-0.2, 0) is 9.53 Å². The Morgan fingerprint density at radius 3 is 2.62 bits per heavy atom. The van der Waals surface area contributed by atoms with E-state index in [1.807, 2.05) is 0 Å². The Hall–Kier alpha value is -1.83. The number of rotatable bonds is 5. The van der Waals surface area contributed by atoms with E-state index in [1.54, 1.807) is 30.0 Å². The molecule has 1 aliphatic rings. The number of morpholine rings is 1. The number of benzene rings is 1. The number of nitrogens with zero attached hydrogens (tertiary/aromatic N) is 1. The second-order valence-electron chi connectivity index (χ2n) is 5.45. The van der Waals surface area contributed by atoms with Crippen molar-refractivity contribution in [1.82, 2.24) is 4.90 Å². The first kappa shape index (κ1) is 20.2. The van der Waals surface area contributed by atoms with E-state index < -0.39 is 0 Å². The van der Waals surface area contributed by atoms with Crippen LogP contribution in [0.25, 0.3) is 0 Å². The number of nitrogens with two attached hydrogens (primary N) is 1. The molecule has 1 atom stereocenters. The third kappa shape index (κ3) is 4.83. The fourth-order valence-electron chi connectivity index (χ4n) is 2.25. The van der Waals surface area contributed by atoms with Gasteiger partial charge in [0.2, 0.25) is 5.91 Å². The van der Waals surface area contributed by atoms with Gasteiger partial charge in [-0.15, -0.1) is 12.4 Å². The van der Waals surface area contributed by atoms with Gasteiger partial charge in [0.25, 0.3) is 5.91 Å². The largest absolute Gasteiger partial charge is 0.495 e. The first-order valence-corrected chi connectivity index (χ1v) is 7.62. The number of anilines is 1. The third-order valence-corrected chi connectivity index (χ3v) is 3.80. The SMILES string of the molecule is COc1ccc(C(=O)N2CCOCC2)cc1NC(=O)C(C)CN.Cl. The van der Waals surface area contributed by atoms with Gasteiger partial charge in [-0.05, 0) is 18.2 Å². The van der Waals surface area contributed by atoms with Gasteiger partial charge in [-0.25, -0.2) is 0 Å². The maximum Gasteiger partial charge on any atom is 0.254 e. The Morgan fingerprint density at radius 1 is 1.38 bits per heavy atom. The van der Waals surface area contributed by atoms with Gasteiger partial charge in [0.15, 0.2) is 0 Å². The van der Waals surface area contributed by atoms with Gasteiger partial charge in [0.05, 0.1) is 26.0 Å². The Morgan fingerprint density at radius 2 is 2.04 bits per heavy atom. The summed E-state index contributed by atoms with van der Waals surface area (Å²) in [6.45, 7) is 4.21. The van der Waals surface area contributed by atoms with Crippen molar-refractivity contribution < 1.29 is 19.1 Å². The molecule has 0 aromatic heterocycles. The summed E-state index contributed by atoms with van der Waals surface area (Å²) in [7, 11) is 1.51. The van der Waals surface area contributed by atoms with Crippen LogP contribution in [0, 0.1) is 5.92 Å². The van der Waals surface area contributed by atoms with E-state index in [0.717, 1.165) is 0 Å². The van der Waals surface area contributed by atoms with Gasteiger partial charge in [0, 0.05) is 31.1 Å². The van der Waals surface area contributed by atoms with Gasteiger partial charge in [0.1, 0.15) is 5.75 Å². The van der Waals surface area contributed by atoms with Gasteiger partial charge in [-0.3, -0.25) is 9.59 Å². The summed E-state index contributed by atoms with van der Waals surface area (Å²) >= 11 is 0. The molecule has 7 nitrogen and oxygen atoms in total. The zero-order chi connectivity index (χ0) is 16.8. The molecule has 134 valence electrons. The molecule has 1 fully saturated rings. The molecule has 1 heterocycles. The lowest BCUT2D eigenvalue weighted by Crippen LogP contribution is -2.40. The van der Waals surface area contributed by atoms with Crippen molar-refractivity contribution >= 4 is 29.9 Å². The standard InChI is InChI=1S/C16H23N3O4.ClH/c1-11(10-17)15(20)18-13-9-12(3-4-14(13)22-2)16(21)19-5-7-23-8-6-19;/h3-4,9,11H,5-8,10,17H2,1-2H3,(H,18,20);1H. The number of methoxy groups -OCH3 is 1. The molecule has 1 unspecified atom stereocenters. The molecule has 24 heavy (non-hydrogen) atoms. The van der Waals surface area contributed by atoms with Crippen molar-refractivity contribution in [3.63, 3.8) is 0 Å². The molecule has 2 rings (SSSR count). The quantitative estimate of drug-likeness (QED) is 0.823. The number of hydrogen-bond donors (Lipinski definition) is 2. The molecule has 1 aromatic rings. The summed E-state index contributed by atoms with van der Waals surface area (Å²) in [5.41, 5.74) is 6.48. The summed E-state index contributed by atoms with van der Waals surface area (Å²) in [5.74, 6) is -0.112. The lowest BCUT2D eigenvalue weighted by atomic mass is 10.1. The number of carbonyl (C=O) groups excluding carboxylic acids is 2. The zero-order valence-corrected chi connectivity index (χ0v) is 14.7. The monoisotopic (exact) mass is 357 g/mol. The fourth-order valence-corrected chi connectivity index (χ4v) is 2.25. The van der Waals surface area contributed by atoms with Crippen LogP contribution in [0.15, 0.2) is 18.2 Å². The van der Waals surface area contributed by atoms with E-state index in [-0.39, 0.29) is 36.7 Å². The Labute approximate surface area is 147 Å². The van der Waals surface area contributed by atoms with E-state index in [0.29, 0.717) is 43.3 Å². The smallest absolute Gasteiger partial charge is 0.254 e. The van der Waals surface area contributed by atoms with Crippen LogP contribution in [0.2, 0.25) is 0 Å². The van der Waals surface area contributed by atoms with Gasteiger partial charge in [-0.2, -0.15) is 0 Å². The second kappa shape index (κ2) is 9.46. The molecule has 0 radical (unpaired) electrons. The summed E-state index contributed by atoms with van der Waals surface area (Å²) in [5, 5.41) is 2.77. The predicted molar refractivity (Wildman–Crippen MR) is 93.8 cm³/mol. The summed E-state index contributed by atoms with van der Waals surface area (Å²) in [6.07, 6.45) is 0. The molecule has 1 aliphatic heterocycles. The lowest BCUT2D eigenvalue weighted by Gasteiger charge is -2.27. The Kier molecular flexibility index (Phi) is 7.97. The first-order chi connectivity index (χ1) is 11.1. The second-order valence-corrected chi connectivity index (χ2v) is 5.45. The van der Waals surface area contributed by atoms with Gasteiger partial charge >= 0.3 is 0 Å². The van der Waals surface area contributed by atoms with Crippen molar-refractivity contribution in [3.8, 4) is 5.75 Å². The highest BCUT2D eigenvalue weighted by molar-refractivity contribution is 5.99. The molecule has 0 aliphatic carbocycles. The lowest BCUT2D eigenvalue weighted by molar-refractivity contribution is -0.119. The zero-order valence-electron chi connectivity index (χ0n) is 13.9. The van der Waals surface area contributed by atoms with E-state index in [2.05, 4.69) is 5.32 Å². The van der Waals surface area contributed by atoms with Crippen LogP contribution in [-0.4, -0.2) is 56.7 Å². The maximum absolute atomic E-state index is 12.5. The van der Waals surface area contributed by atoms with Gasteiger partial charge < -0.3 is 25.4 Å². The minimum atomic E-state index is -0.321. The first-order valence-electron chi connectivity index (χ1n) is 7.62. The topological polar surface area (TPSA) is 93.9 Å². The molecule has 1 aromatic carbocycles. The van der Waals surface area contributed by atoms with Crippen LogP contribution in [0.3, 0.4) is 0 Å². The average Bonchev–Trinajstić information content (AvgIpc) is 2.60. The maximum atomic E-state index is 12.5. The molecule has 0 saturated carbocycles. The molecule has 0 bridgehead atoms. The minimum Gasteiger partial charge on any atom is -0.495 e. The highest BCUT2D eigenvalue weighted by atomic mass is 35.5. The molecule has 1 saturated heterocycles. The number of nitrogens with one attached hydrogen (secondary N) is 1. The van der Waals surface area contributed by atoms with Crippen LogP contribution in [0.4, 0.5) is 5.69 Å². The highest BCUT2D eigenvalue weighted by Crippen LogP contribution is 2.26. The van der Waals surface area contributed by atoms with Crippen LogP contribution in [0.5, 0.6) is 5.75 Å². The van der Waals surface area contributed by atoms with Crippen molar-refractivity contribution in [1.29, 1.82) is 0 Å². The van der Waals surface area contributed by atoms with Crippen LogP contribution >= 0.6 is 12.4 Å². The predicted octanol–water partition coefficient (Wildman–Crippen LogP) is 1.12. The highest BCUT2D eigenvalue weighted by Gasteiger charge is 2.20. The molecule has 0 spiro atoms. The third-order valence-electron chi connectivity index (χ3n) is 3.80. The summed E-state index contributed by atoms with van der Waals surface area (Å²) < 4.78 is 10.5. The number of halogens is 1. The molecule has 8 heteroatoms. The Balaban J connectivity index is 0.00000288. The van der Waals surface area contributed by atoms with E-state index in [9.17, 15) is 9.59 Å². The van der Waals surface area contributed by atoms with E-state index in [1.165, 1.54) is 7.11 Å². The molecular formula is C16H24ClN3O4. The number of carbonyl (C=O) groups is 2. The number of amides is 2. The van der Waals surface area contributed by atoms with Crippen molar-refractivity contribution in [3.05, 3.63) is 23.8 Å². The molecule has 2 amide bonds. The van der Waals surface area contributed by atoms with Crippen LogP contribution in [0.1, 0.15) is 17.3 Å². The summed E-state index contributed by atoms with van der Waals surface area (Å²) in [4.78, 5) is 26.3. The molecular weight excluding hydrogens is 334 g/mol. The number of hydrogen-bond acceptors (Lipinski definition) is 5. The normalized spacial score (nSPS) is 15.2. The van der Waals surface area contributed by atoms with Crippen molar-refractivity contribution in [2.24, 2.45) is 11.7 Å². The Bertz CT molecular complexity index is 576. The van der Waals surface area contributed by atoms with Gasteiger partial charge in [-0.1, -0.05) is 6.92 Å². The van der Waals surface area contributed by atoms with Crippen molar-refractivity contribution in [2.75, 3.05) is 45.3 Å². The van der Waals surface area contributed by atoms with Crippen LogP contribution < -0.4 is 15.8 Å². The fraction of sp³-hybridized carbons (Fsp3) is 0.500.